The summed E-state index contributed by atoms with van der Waals surface area (Å²) in [5, 5.41) is 3.50. The molecule has 0 saturated carbocycles. The SMILES string of the molecule is CN(Cc1cccc(Cl)c1)C(=O)NCc1ccccn1. The molecule has 0 spiro atoms. The van der Waals surface area contributed by atoms with Crippen molar-refractivity contribution in [1.29, 1.82) is 0 Å². The second kappa shape index (κ2) is 6.91. The molecule has 1 aromatic heterocycles. The molecule has 0 bridgehead atoms. The average Bonchev–Trinajstić information content (AvgIpc) is 2.46. The van der Waals surface area contributed by atoms with Gasteiger partial charge in [-0.2, -0.15) is 0 Å². The summed E-state index contributed by atoms with van der Waals surface area (Å²) in [5.41, 5.74) is 1.82. The van der Waals surface area contributed by atoms with Gasteiger partial charge in [-0.15, -0.1) is 0 Å². The summed E-state index contributed by atoms with van der Waals surface area (Å²) < 4.78 is 0. The van der Waals surface area contributed by atoms with Crippen LogP contribution in [0.3, 0.4) is 0 Å². The molecule has 0 aliphatic rings. The van der Waals surface area contributed by atoms with Gasteiger partial charge in [0.2, 0.25) is 0 Å². The summed E-state index contributed by atoms with van der Waals surface area (Å²) in [6.07, 6.45) is 1.71. The molecule has 0 saturated heterocycles. The fourth-order valence-electron chi connectivity index (χ4n) is 1.78. The third-order valence-electron chi connectivity index (χ3n) is 2.80. The molecule has 4 nitrogen and oxygen atoms in total. The van der Waals surface area contributed by atoms with E-state index in [1.807, 2.05) is 42.5 Å². The molecule has 0 fully saturated rings. The molecule has 2 amide bonds. The van der Waals surface area contributed by atoms with E-state index in [9.17, 15) is 4.79 Å². The van der Waals surface area contributed by atoms with Crippen LogP contribution in [0.4, 0.5) is 4.79 Å². The largest absolute Gasteiger partial charge is 0.332 e. The van der Waals surface area contributed by atoms with E-state index in [0.29, 0.717) is 18.1 Å². The Labute approximate surface area is 123 Å². The van der Waals surface area contributed by atoms with Crippen LogP contribution in [0.15, 0.2) is 48.7 Å². The molecule has 5 heteroatoms. The zero-order chi connectivity index (χ0) is 14.4. The Morgan fingerprint density at radius 3 is 2.85 bits per heavy atom. The third kappa shape index (κ3) is 4.24. The minimum Gasteiger partial charge on any atom is -0.332 e. The molecule has 104 valence electrons. The van der Waals surface area contributed by atoms with Gasteiger partial charge in [-0.1, -0.05) is 29.8 Å². The van der Waals surface area contributed by atoms with Crippen molar-refractivity contribution >= 4 is 17.6 Å². The lowest BCUT2D eigenvalue weighted by Gasteiger charge is -2.18. The quantitative estimate of drug-likeness (QED) is 0.940. The highest BCUT2D eigenvalue weighted by Crippen LogP contribution is 2.12. The number of carbonyl (C=O) groups is 1. The van der Waals surface area contributed by atoms with E-state index in [4.69, 9.17) is 11.6 Å². The van der Waals surface area contributed by atoms with Crippen molar-refractivity contribution in [2.24, 2.45) is 0 Å². The van der Waals surface area contributed by atoms with Crippen LogP contribution in [-0.4, -0.2) is 23.0 Å². The smallest absolute Gasteiger partial charge is 0.317 e. The highest BCUT2D eigenvalue weighted by molar-refractivity contribution is 6.30. The summed E-state index contributed by atoms with van der Waals surface area (Å²) in [6.45, 7) is 0.925. The van der Waals surface area contributed by atoms with Crippen LogP contribution in [0.2, 0.25) is 5.02 Å². The first-order chi connectivity index (χ1) is 9.65. The van der Waals surface area contributed by atoms with Gasteiger partial charge in [0.05, 0.1) is 12.2 Å². The highest BCUT2D eigenvalue weighted by Gasteiger charge is 2.09. The molecule has 0 atom stereocenters. The molecular formula is C15H16ClN3O. The molecule has 0 unspecified atom stereocenters. The predicted octanol–water partition coefficient (Wildman–Crippen LogP) is 3.08. The van der Waals surface area contributed by atoms with Crippen molar-refractivity contribution in [3.8, 4) is 0 Å². The second-order valence-electron chi connectivity index (χ2n) is 4.47. The molecule has 0 radical (unpaired) electrons. The maximum absolute atomic E-state index is 12.0. The maximum Gasteiger partial charge on any atom is 0.317 e. The van der Waals surface area contributed by atoms with Gasteiger partial charge in [-0.25, -0.2) is 4.79 Å². The van der Waals surface area contributed by atoms with Crippen molar-refractivity contribution in [3.05, 3.63) is 64.9 Å². The molecular weight excluding hydrogens is 274 g/mol. The third-order valence-corrected chi connectivity index (χ3v) is 3.04. The summed E-state index contributed by atoms with van der Waals surface area (Å²) in [4.78, 5) is 17.7. The van der Waals surface area contributed by atoms with Crippen molar-refractivity contribution in [3.63, 3.8) is 0 Å². The van der Waals surface area contributed by atoms with Gasteiger partial charge in [-0.3, -0.25) is 4.98 Å². The van der Waals surface area contributed by atoms with Gasteiger partial charge in [0.25, 0.3) is 0 Å². The minimum atomic E-state index is -0.143. The number of rotatable bonds is 4. The van der Waals surface area contributed by atoms with E-state index in [2.05, 4.69) is 10.3 Å². The number of nitrogens with zero attached hydrogens (tertiary/aromatic N) is 2. The summed E-state index contributed by atoms with van der Waals surface area (Å²) in [6, 6.07) is 12.9. The Balaban J connectivity index is 1.86. The molecule has 1 heterocycles. The standard InChI is InChI=1S/C15H16ClN3O/c1-19(11-12-5-4-6-13(16)9-12)15(20)18-10-14-7-2-3-8-17-14/h2-9H,10-11H2,1H3,(H,18,20). The fourth-order valence-corrected chi connectivity index (χ4v) is 2.00. The molecule has 1 aromatic carbocycles. The van der Waals surface area contributed by atoms with E-state index in [1.54, 1.807) is 18.1 Å². The first kappa shape index (κ1) is 14.3. The number of urea groups is 1. The van der Waals surface area contributed by atoms with Crippen molar-refractivity contribution in [2.75, 3.05) is 7.05 Å². The van der Waals surface area contributed by atoms with Crippen LogP contribution in [-0.2, 0) is 13.1 Å². The number of halogens is 1. The normalized spacial score (nSPS) is 10.1. The second-order valence-corrected chi connectivity index (χ2v) is 4.90. The molecule has 0 aliphatic carbocycles. The summed E-state index contributed by atoms with van der Waals surface area (Å²) >= 11 is 5.92. The van der Waals surface area contributed by atoms with Crippen LogP contribution in [0.1, 0.15) is 11.3 Å². The minimum absolute atomic E-state index is 0.143. The highest BCUT2D eigenvalue weighted by atomic mass is 35.5. The number of aromatic nitrogens is 1. The van der Waals surface area contributed by atoms with Crippen molar-refractivity contribution < 1.29 is 4.79 Å². The first-order valence-electron chi connectivity index (χ1n) is 6.28. The molecule has 2 rings (SSSR count). The van der Waals surface area contributed by atoms with Crippen LogP contribution in [0.5, 0.6) is 0 Å². The van der Waals surface area contributed by atoms with Gasteiger partial charge in [-0.05, 0) is 29.8 Å². The lowest BCUT2D eigenvalue weighted by atomic mass is 10.2. The Morgan fingerprint density at radius 1 is 1.30 bits per heavy atom. The molecule has 20 heavy (non-hydrogen) atoms. The molecule has 1 N–H and O–H groups in total. The fraction of sp³-hybridized carbons (Fsp3) is 0.200. The number of carbonyl (C=O) groups excluding carboxylic acids is 1. The van der Waals surface area contributed by atoms with Crippen molar-refractivity contribution in [2.45, 2.75) is 13.1 Å². The van der Waals surface area contributed by atoms with Crippen LogP contribution >= 0.6 is 11.6 Å². The number of hydrogen-bond donors (Lipinski definition) is 1. The zero-order valence-electron chi connectivity index (χ0n) is 11.2. The van der Waals surface area contributed by atoms with E-state index in [1.165, 1.54) is 0 Å². The Hall–Kier alpha value is -2.07. The van der Waals surface area contributed by atoms with E-state index < -0.39 is 0 Å². The number of amides is 2. The van der Waals surface area contributed by atoms with Gasteiger partial charge >= 0.3 is 6.03 Å². The lowest BCUT2D eigenvalue weighted by Crippen LogP contribution is -2.36. The first-order valence-corrected chi connectivity index (χ1v) is 6.66. The Morgan fingerprint density at radius 2 is 2.15 bits per heavy atom. The number of nitrogens with one attached hydrogen (secondary N) is 1. The average molecular weight is 290 g/mol. The number of benzene rings is 1. The number of pyridine rings is 1. The van der Waals surface area contributed by atoms with Crippen molar-refractivity contribution in [1.82, 2.24) is 15.2 Å². The summed E-state index contributed by atoms with van der Waals surface area (Å²) in [7, 11) is 1.74. The molecule has 2 aromatic rings. The van der Waals surface area contributed by atoms with Crippen LogP contribution < -0.4 is 5.32 Å². The maximum atomic E-state index is 12.0. The Bertz CT molecular complexity index is 574. The lowest BCUT2D eigenvalue weighted by molar-refractivity contribution is 0.206. The van der Waals surface area contributed by atoms with E-state index >= 15 is 0 Å². The van der Waals surface area contributed by atoms with Gasteiger partial charge < -0.3 is 10.2 Å². The van der Waals surface area contributed by atoms with Gasteiger partial charge in [0.15, 0.2) is 0 Å². The van der Waals surface area contributed by atoms with E-state index in [0.717, 1.165) is 11.3 Å². The topological polar surface area (TPSA) is 45.2 Å². The number of hydrogen-bond acceptors (Lipinski definition) is 2. The van der Waals surface area contributed by atoms with Crippen LogP contribution in [0, 0.1) is 0 Å². The monoisotopic (exact) mass is 289 g/mol. The zero-order valence-corrected chi connectivity index (χ0v) is 12.0. The summed E-state index contributed by atoms with van der Waals surface area (Å²) in [5.74, 6) is 0. The Kier molecular flexibility index (Phi) is 4.96. The van der Waals surface area contributed by atoms with Crippen LogP contribution in [0.25, 0.3) is 0 Å². The predicted molar refractivity (Wildman–Crippen MR) is 79.4 cm³/mol. The van der Waals surface area contributed by atoms with Gasteiger partial charge in [0.1, 0.15) is 0 Å². The van der Waals surface area contributed by atoms with Gasteiger partial charge in [0, 0.05) is 24.8 Å². The van der Waals surface area contributed by atoms with E-state index in [-0.39, 0.29) is 6.03 Å². The molecule has 0 aliphatic heterocycles.